The molecule has 2 rings (SSSR count). The fraction of sp³-hybridized carbons (Fsp3) is 0.385. The number of rotatable bonds is 5. The third-order valence-electron chi connectivity index (χ3n) is 2.97. The van der Waals surface area contributed by atoms with Crippen LogP contribution < -0.4 is 0 Å². The van der Waals surface area contributed by atoms with Crippen LogP contribution in [0.5, 0.6) is 0 Å². The number of amides is 1. The highest BCUT2D eigenvalue weighted by Crippen LogP contribution is 2.18. The van der Waals surface area contributed by atoms with Crippen LogP contribution in [0, 0.1) is 0 Å². The molecule has 0 radical (unpaired) electrons. The number of ether oxygens (including phenoxy) is 1. The molecule has 0 aliphatic rings. The zero-order valence-corrected chi connectivity index (χ0v) is 11.2. The van der Waals surface area contributed by atoms with Gasteiger partial charge in [-0.1, -0.05) is 0 Å². The van der Waals surface area contributed by atoms with Crippen molar-refractivity contribution in [1.82, 2.24) is 15.1 Å². The van der Waals surface area contributed by atoms with Crippen molar-refractivity contribution in [2.24, 2.45) is 0 Å². The third-order valence-corrected chi connectivity index (χ3v) is 2.97. The summed E-state index contributed by atoms with van der Waals surface area (Å²) in [5.41, 5.74) is 1.04. The van der Waals surface area contributed by atoms with Gasteiger partial charge in [-0.15, -0.1) is 0 Å². The van der Waals surface area contributed by atoms with Crippen molar-refractivity contribution < 1.29 is 13.9 Å². The second kappa shape index (κ2) is 5.71. The topological polar surface area (TPSA) is 71.4 Å². The van der Waals surface area contributed by atoms with Crippen molar-refractivity contribution in [3.63, 3.8) is 0 Å². The summed E-state index contributed by atoms with van der Waals surface area (Å²) in [5.74, 6) is 0.498. The fourth-order valence-corrected chi connectivity index (χ4v) is 1.72. The van der Waals surface area contributed by atoms with Crippen LogP contribution in [0.4, 0.5) is 0 Å². The van der Waals surface area contributed by atoms with E-state index in [1.165, 1.54) is 0 Å². The summed E-state index contributed by atoms with van der Waals surface area (Å²) in [6, 6.07) is 5.25. The molecule has 1 N–H and O–H groups in total. The van der Waals surface area contributed by atoms with Gasteiger partial charge in [0.1, 0.15) is 5.69 Å². The van der Waals surface area contributed by atoms with Gasteiger partial charge in [0, 0.05) is 20.2 Å². The fourth-order valence-electron chi connectivity index (χ4n) is 1.72. The highest BCUT2D eigenvalue weighted by Gasteiger charge is 2.20. The molecule has 1 unspecified atom stereocenters. The first-order valence-corrected chi connectivity index (χ1v) is 5.99. The minimum Gasteiger partial charge on any atom is -0.463 e. The summed E-state index contributed by atoms with van der Waals surface area (Å²) in [5, 5.41) is 6.81. The summed E-state index contributed by atoms with van der Waals surface area (Å²) < 4.78 is 10.3. The molecule has 102 valence electrons. The number of nitrogens with one attached hydrogen (secondary N) is 1. The number of aromatic nitrogens is 2. The highest BCUT2D eigenvalue weighted by atomic mass is 16.5. The number of carbonyl (C=O) groups is 1. The van der Waals surface area contributed by atoms with E-state index in [4.69, 9.17) is 9.15 Å². The Hall–Kier alpha value is -2.08. The van der Waals surface area contributed by atoms with Crippen LogP contribution in [0.2, 0.25) is 0 Å². The van der Waals surface area contributed by atoms with Crippen LogP contribution in [-0.2, 0) is 4.74 Å². The van der Waals surface area contributed by atoms with Crippen molar-refractivity contribution in [1.29, 1.82) is 0 Å². The largest absolute Gasteiger partial charge is 0.463 e. The van der Waals surface area contributed by atoms with Gasteiger partial charge in [0.05, 0.1) is 18.9 Å². The first-order chi connectivity index (χ1) is 9.13. The molecule has 2 aromatic rings. The normalized spacial score (nSPS) is 12.4. The molecule has 1 atom stereocenters. The summed E-state index contributed by atoms with van der Waals surface area (Å²) in [6.45, 7) is 2.40. The Morgan fingerprint density at radius 1 is 1.63 bits per heavy atom. The predicted octanol–water partition coefficient (Wildman–Crippen LogP) is 1.78. The number of hydrogen-bond donors (Lipinski definition) is 1. The van der Waals surface area contributed by atoms with E-state index in [1.54, 1.807) is 43.5 Å². The van der Waals surface area contributed by atoms with Crippen molar-refractivity contribution in [3.05, 3.63) is 30.2 Å². The predicted molar refractivity (Wildman–Crippen MR) is 69.7 cm³/mol. The summed E-state index contributed by atoms with van der Waals surface area (Å²) in [6.07, 6.45) is 1.57. The Balaban J connectivity index is 2.12. The van der Waals surface area contributed by atoms with Crippen LogP contribution >= 0.6 is 0 Å². The molecular formula is C13H17N3O3. The van der Waals surface area contributed by atoms with E-state index in [0.29, 0.717) is 23.8 Å². The van der Waals surface area contributed by atoms with Crippen molar-refractivity contribution in [3.8, 4) is 11.5 Å². The quantitative estimate of drug-likeness (QED) is 0.892. The van der Waals surface area contributed by atoms with Gasteiger partial charge >= 0.3 is 0 Å². The maximum absolute atomic E-state index is 12.2. The monoisotopic (exact) mass is 263 g/mol. The van der Waals surface area contributed by atoms with Crippen LogP contribution in [0.1, 0.15) is 17.4 Å². The van der Waals surface area contributed by atoms with Crippen LogP contribution in [0.15, 0.2) is 28.9 Å². The number of methoxy groups -OCH3 is 1. The molecule has 0 saturated carbocycles. The van der Waals surface area contributed by atoms with Gasteiger partial charge in [-0.2, -0.15) is 5.10 Å². The zero-order chi connectivity index (χ0) is 13.8. The number of likely N-dealkylation sites (N-methyl/N-ethyl adjacent to an activating group) is 1. The SMILES string of the molecule is COCC(C)N(C)C(=O)c1cc(-c2ccco2)[nH]n1. The number of hydrogen-bond acceptors (Lipinski definition) is 4. The standard InChI is InChI=1S/C13H17N3O3/c1-9(8-18-3)16(2)13(17)11-7-10(14-15-11)12-5-4-6-19-12/h4-7,9H,8H2,1-3H3,(H,14,15). The second-order valence-electron chi connectivity index (χ2n) is 4.36. The maximum Gasteiger partial charge on any atom is 0.274 e. The minimum atomic E-state index is -0.154. The van der Waals surface area contributed by atoms with E-state index in [1.807, 2.05) is 6.92 Å². The van der Waals surface area contributed by atoms with E-state index in [-0.39, 0.29) is 11.9 Å². The Morgan fingerprint density at radius 3 is 3.05 bits per heavy atom. The van der Waals surface area contributed by atoms with Crippen LogP contribution in [0.25, 0.3) is 11.5 Å². The van der Waals surface area contributed by atoms with Gasteiger partial charge < -0.3 is 14.1 Å². The lowest BCUT2D eigenvalue weighted by Crippen LogP contribution is -2.38. The molecule has 0 aliphatic carbocycles. The van der Waals surface area contributed by atoms with E-state index < -0.39 is 0 Å². The van der Waals surface area contributed by atoms with Crippen molar-refractivity contribution in [2.45, 2.75) is 13.0 Å². The molecule has 0 saturated heterocycles. The molecule has 0 spiro atoms. The Labute approximate surface area is 111 Å². The lowest BCUT2D eigenvalue weighted by atomic mass is 10.2. The van der Waals surface area contributed by atoms with Crippen LogP contribution in [-0.4, -0.2) is 47.8 Å². The van der Waals surface area contributed by atoms with E-state index >= 15 is 0 Å². The summed E-state index contributed by atoms with van der Waals surface area (Å²) in [7, 11) is 3.34. The van der Waals surface area contributed by atoms with Gasteiger partial charge in [0.25, 0.3) is 5.91 Å². The van der Waals surface area contributed by atoms with E-state index in [0.717, 1.165) is 0 Å². The lowest BCUT2D eigenvalue weighted by Gasteiger charge is -2.23. The molecule has 0 aromatic carbocycles. The van der Waals surface area contributed by atoms with Crippen LogP contribution in [0.3, 0.4) is 0 Å². The third kappa shape index (κ3) is 2.85. The van der Waals surface area contributed by atoms with E-state index in [9.17, 15) is 4.79 Å². The number of carbonyl (C=O) groups excluding carboxylic acids is 1. The molecule has 19 heavy (non-hydrogen) atoms. The first kappa shape index (κ1) is 13.4. The zero-order valence-electron chi connectivity index (χ0n) is 11.2. The molecule has 1 amide bonds. The molecule has 6 heteroatoms. The minimum absolute atomic E-state index is 0.0127. The lowest BCUT2D eigenvalue weighted by molar-refractivity contribution is 0.0628. The average molecular weight is 263 g/mol. The van der Waals surface area contributed by atoms with Crippen molar-refractivity contribution >= 4 is 5.91 Å². The highest BCUT2D eigenvalue weighted by molar-refractivity contribution is 5.93. The number of nitrogens with zero attached hydrogens (tertiary/aromatic N) is 2. The summed E-state index contributed by atoms with van der Waals surface area (Å²) in [4.78, 5) is 13.8. The number of H-pyrrole nitrogens is 1. The molecule has 0 fully saturated rings. The maximum atomic E-state index is 12.2. The van der Waals surface area contributed by atoms with Gasteiger partial charge in [0.2, 0.25) is 0 Å². The van der Waals surface area contributed by atoms with Gasteiger partial charge in [-0.05, 0) is 19.1 Å². The first-order valence-electron chi connectivity index (χ1n) is 5.99. The van der Waals surface area contributed by atoms with E-state index in [2.05, 4.69) is 10.2 Å². The molecular weight excluding hydrogens is 246 g/mol. The number of aromatic amines is 1. The van der Waals surface area contributed by atoms with Gasteiger partial charge in [-0.25, -0.2) is 0 Å². The Kier molecular flexibility index (Phi) is 4.01. The molecule has 6 nitrogen and oxygen atoms in total. The molecule has 0 aliphatic heterocycles. The molecule has 0 bridgehead atoms. The average Bonchev–Trinajstić information content (AvgIpc) is 3.07. The summed E-state index contributed by atoms with van der Waals surface area (Å²) >= 11 is 0. The molecule has 2 heterocycles. The number of furan rings is 1. The van der Waals surface area contributed by atoms with Gasteiger partial charge in [0.15, 0.2) is 11.5 Å². The Bertz CT molecular complexity index is 533. The smallest absolute Gasteiger partial charge is 0.274 e. The van der Waals surface area contributed by atoms with Crippen molar-refractivity contribution in [2.75, 3.05) is 20.8 Å². The van der Waals surface area contributed by atoms with Gasteiger partial charge in [-0.3, -0.25) is 9.89 Å². The second-order valence-corrected chi connectivity index (χ2v) is 4.36. The Morgan fingerprint density at radius 2 is 2.42 bits per heavy atom. The molecule has 2 aromatic heterocycles.